The Morgan fingerprint density at radius 2 is 2.05 bits per heavy atom. The zero-order valence-corrected chi connectivity index (χ0v) is 13.5. The van der Waals surface area contributed by atoms with E-state index in [1.807, 2.05) is 13.0 Å². The summed E-state index contributed by atoms with van der Waals surface area (Å²) >= 11 is 8.24. The number of halogens is 2. The second-order valence-corrected chi connectivity index (χ2v) is 5.73. The molecule has 0 fully saturated rings. The SMILES string of the molecule is Cc1cccc(NC(=O)c2cc(F)ccc2Br)c1C(N)=S. The van der Waals surface area contributed by atoms with Gasteiger partial charge in [-0.2, -0.15) is 0 Å². The van der Waals surface area contributed by atoms with Crippen LogP contribution in [0.5, 0.6) is 0 Å². The lowest BCUT2D eigenvalue weighted by Gasteiger charge is -2.13. The fraction of sp³-hybridized carbons (Fsp3) is 0.0667. The highest BCUT2D eigenvalue weighted by Gasteiger charge is 2.15. The number of benzene rings is 2. The molecule has 0 saturated carbocycles. The quantitative estimate of drug-likeness (QED) is 0.812. The van der Waals surface area contributed by atoms with Gasteiger partial charge in [-0.25, -0.2) is 4.39 Å². The Balaban J connectivity index is 2.39. The molecule has 0 atom stereocenters. The molecule has 2 aromatic carbocycles. The first-order valence-electron chi connectivity index (χ1n) is 6.06. The molecule has 3 nitrogen and oxygen atoms in total. The van der Waals surface area contributed by atoms with E-state index in [9.17, 15) is 9.18 Å². The van der Waals surface area contributed by atoms with E-state index in [2.05, 4.69) is 21.2 Å². The summed E-state index contributed by atoms with van der Waals surface area (Å²) in [5, 5.41) is 2.71. The minimum absolute atomic E-state index is 0.196. The van der Waals surface area contributed by atoms with Crippen molar-refractivity contribution in [3.05, 3.63) is 63.4 Å². The van der Waals surface area contributed by atoms with E-state index in [-0.39, 0.29) is 10.6 Å². The van der Waals surface area contributed by atoms with E-state index in [0.717, 1.165) is 11.6 Å². The van der Waals surface area contributed by atoms with Crippen LogP contribution in [0.3, 0.4) is 0 Å². The molecule has 3 N–H and O–H groups in total. The summed E-state index contributed by atoms with van der Waals surface area (Å²) in [6.07, 6.45) is 0. The number of nitrogens with one attached hydrogen (secondary N) is 1. The van der Waals surface area contributed by atoms with Gasteiger partial charge in [0.1, 0.15) is 10.8 Å². The van der Waals surface area contributed by atoms with Crippen LogP contribution < -0.4 is 11.1 Å². The third-order valence-electron chi connectivity index (χ3n) is 2.94. The van der Waals surface area contributed by atoms with Crippen molar-refractivity contribution in [2.75, 3.05) is 5.32 Å². The third-order valence-corrected chi connectivity index (χ3v) is 3.84. The zero-order valence-electron chi connectivity index (χ0n) is 11.1. The highest BCUT2D eigenvalue weighted by atomic mass is 79.9. The maximum atomic E-state index is 13.3. The van der Waals surface area contributed by atoms with Gasteiger partial charge in [-0.1, -0.05) is 24.4 Å². The van der Waals surface area contributed by atoms with Crippen molar-refractivity contribution in [2.24, 2.45) is 5.73 Å². The lowest BCUT2D eigenvalue weighted by atomic mass is 10.1. The summed E-state index contributed by atoms with van der Waals surface area (Å²) in [4.78, 5) is 12.5. The average molecular weight is 367 g/mol. The average Bonchev–Trinajstić information content (AvgIpc) is 2.41. The van der Waals surface area contributed by atoms with Gasteiger partial charge in [-0.3, -0.25) is 4.79 Å². The Morgan fingerprint density at radius 3 is 2.71 bits per heavy atom. The van der Waals surface area contributed by atoms with Crippen molar-refractivity contribution >= 4 is 44.7 Å². The molecule has 2 rings (SSSR count). The van der Waals surface area contributed by atoms with Crippen LogP contribution in [0.1, 0.15) is 21.5 Å². The highest BCUT2D eigenvalue weighted by Crippen LogP contribution is 2.23. The minimum Gasteiger partial charge on any atom is -0.389 e. The summed E-state index contributed by atoms with van der Waals surface area (Å²) in [6, 6.07) is 9.25. The largest absolute Gasteiger partial charge is 0.389 e. The standard InChI is InChI=1S/C15H12BrFN2OS/c1-8-3-2-4-12(13(8)14(18)21)19-15(20)10-7-9(17)5-6-11(10)16/h2-7H,1H3,(H2,18,21)(H,19,20). The molecule has 0 aliphatic heterocycles. The van der Waals surface area contributed by atoms with Crippen LogP contribution >= 0.6 is 28.1 Å². The normalized spacial score (nSPS) is 10.2. The van der Waals surface area contributed by atoms with Gasteiger partial charge in [-0.15, -0.1) is 0 Å². The van der Waals surface area contributed by atoms with Gasteiger partial charge in [0.25, 0.3) is 5.91 Å². The fourth-order valence-electron chi connectivity index (χ4n) is 1.96. The Bertz CT molecular complexity index is 734. The molecule has 0 heterocycles. The molecule has 0 saturated heterocycles. The van der Waals surface area contributed by atoms with Crippen molar-refractivity contribution in [2.45, 2.75) is 6.92 Å². The van der Waals surface area contributed by atoms with Crippen LogP contribution in [0.2, 0.25) is 0 Å². The van der Waals surface area contributed by atoms with Crippen molar-refractivity contribution in [1.29, 1.82) is 0 Å². The first-order valence-corrected chi connectivity index (χ1v) is 7.26. The van der Waals surface area contributed by atoms with Crippen molar-refractivity contribution < 1.29 is 9.18 Å². The van der Waals surface area contributed by atoms with Crippen LogP contribution in [0.4, 0.5) is 10.1 Å². The predicted molar refractivity (Wildman–Crippen MR) is 89.1 cm³/mol. The van der Waals surface area contributed by atoms with E-state index >= 15 is 0 Å². The molecule has 0 aliphatic rings. The molecule has 0 aromatic heterocycles. The molecule has 108 valence electrons. The summed E-state index contributed by atoms with van der Waals surface area (Å²) in [5.41, 5.74) is 7.86. The summed E-state index contributed by atoms with van der Waals surface area (Å²) < 4.78 is 13.8. The molecule has 0 bridgehead atoms. The van der Waals surface area contributed by atoms with Gasteiger partial charge in [0.2, 0.25) is 0 Å². The molecular weight excluding hydrogens is 355 g/mol. The number of aryl methyl sites for hydroxylation is 1. The van der Waals surface area contributed by atoms with E-state index in [0.29, 0.717) is 15.7 Å². The van der Waals surface area contributed by atoms with Crippen LogP contribution in [-0.2, 0) is 0 Å². The molecule has 0 unspecified atom stereocenters. The van der Waals surface area contributed by atoms with Gasteiger partial charge in [0, 0.05) is 10.0 Å². The van der Waals surface area contributed by atoms with Crippen LogP contribution in [-0.4, -0.2) is 10.9 Å². The Kier molecular flexibility index (Phi) is 4.69. The summed E-state index contributed by atoms with van der Waals surface area (Å²) in [6.45, 7) is 1.85. The zero-order chi connectivity index (χ0) is 15.6. The number of hydrogen-bond acceptors (Lipinski definition) is 2. The van der Waals surface area contributed by atoms with Gasteiger partial charge < -0.3 is 11.1 Å². The van der Waals surface area contributed by atoms with Gasteiger partial charge in [0.05, 0.1) is 11.3 Å². The number of anilines is 1. The van der Waals surface area contributed by atoms with Crippen LogP contribution in [0.25, 0.3) is 0 Å². The van der Waals surface area contributed by atoms with Crippen molar-refractivity contribution in [3.63, 3.8) is 0 Å². The number of nitrogens with two attached hydrogens (primary N) is 1. The molecule has 0 radical (unpaired) electrons. The van der Waals surface area contributed by atoms with E-state index in [1.165, 1.54) is 12.1 Å². The minimum atomic E-state index is -0.484. The Morgan fingerprint density at radius 1 is 1.33 bits per heavy atom. The number of carbonyl (C=O) groups excluding carboxylic acids is 1. The first kappa shape index (κ1) is 15.6. The number of amides is 1. The number of rotatable bonds is 3. The second-order valence-electron chi connectivity index (χ2n) is 4.44. The maximum absolute atomic E-state index is 13.3. The molecule has 21 heavy (non-hydrogen) atoms. The van der Waals surface area contributed by atoms with Gasteiger partial charge in [0.15, 0.2) is 0 Å². The maximum Gasteiger partial charge on any atom is 0.256 e. The summed E-state index contributed by atoms with van der Waals surface area (Å²) in [7, 11) is 0. The van der Waals surface area contributed by atoms with Gasteiger partial charge in [-0.05, 0) is 52.7 Å². The van der Waals surface area contributed by atoms with E-state index in [4.69, 9.17) is 18.0 Å². The molecule has 1 amide bonds. The van der Waals surface area contributed by atoms with Crippen molar-refractivity contribution in [1.82, 2.24) is 0 Å². The monoisotopic (exact) mass is 366 g/mol. The van der Waals surface area contributed by atoms with Gasteiger partial charge >= 0.3 is 0 Å². The molecule has 0 aliphatic carbocycles. The van der Waals surface area contributed by atoms with E-state index < -0.39 is 11.7 Å². The Hall–Kier alpha value is -1.79. The fourth-order valence-corrected chi connectivity index (χ4v) is 2.66. The number of thiocarbonyl (C=S) groups is 1. The highest BCUT2D eigenvalue weighted by molar-refractivity contribution is 9.10. The predicted octanol–water partition coefficient (Wildman–Crippen LogP) is 3.78. The molecule has 2 aromatic rings. The van der Waals surface area contributed by atoms with Crippen molar-refractivity contribution in [3.8, 4) is 0 Å². The third kappa shape index (κ3) is 3.46. The van der Waals surface area contributed by atoms with Crippen LogP contribution in [0, 0.1) is 12.7 Å². The Labute approximate surface area is 135 Å². The summed E-state index contributed by atoms with van der Waals surface area (Å²) in [5.74, 6) is -0.924. The number of hydrogen-bond donors (Lipinski definition) is 2. The molecule has 6 heteroatoms. The topological polar surface area (TPSA) is 55.1 Å². The van der Waals surface area contributed by atoms with Crippen LogP contribution in [0.15, 0.2) is 40.9 Å². The number of carbonyl (C=O) groups is 1. The van der Waals surface area contributed by atoms with E-state index in [1.54, 1.807) is 12.1 Å². The lowest BCUT2D eigenvalue weighted by molar-refractivity contribution is 0.102. The first-order chi connectivity index (χ1) is 9.90. The molecular formula is C15H12BrFN2OS. The molecule has 0 spiro atoms. The second kappa shape index (κ2) is 6.32. The smallest absolute Gasteiger partial charge is 0.256 e. The lowest BCUT2D eigenvalue weighted by Crippen LogP contribution is -2.19.